The lowest BCUT2D eigenvalue weighted by atomic mass is 9.96. The summed E-state index contributed by atoms with van der Waals surface area (Å²) in [4.78, 5) is 15.6. The summed E-state index contributed by atoms with van der Waals surface area (Å²) in [6.45, 7) is 0. The van der Waals surface area contributed by atoms with Crippen LogP contribution in [0, 0.1) is 0 Å². The van der Waals surface area contributed by atoms with Gasteiger partial charge in [-0.3, -0.25) is 0 Å². The van der Waals surface area contributed by atoms with E-state index < -0.39 is 5.97 Å². The number of carbonyl (C=O) groups is 1. The van der Waals surface area contributed by atoms with Gasteiger partial charge in [0.2, 0.25) is 0 Å². The standard InChI is InChI=1S/C23H20ClNO3/c24-15-12-13-22(28-16-6-1-2-7-16)19(14-15)17-8-3-4-9-18(17)20-10-5-11-21(25-20)23(26)27/h3-5,8-14,16H,1-2,6-7H2,(H,26,27). The van der Waals surface area contributed by atoms with Crippen LogP contribution in [0.25, 0.3) is 22.4 Å². The quantitative estimate of drug-likeness (QED) is 0.569. The van der Waals surface area contributed by atoms with Gasteiger partial charge >= 0.3 is 5.97 Å². The van der Waals surface area contributed by atoms with Crippen molar-refractivity contribution in [2.45, 2.75) is 31.8 Å². The van der Waals surface area contributed by atoms with Crippen molar-refractivity contribution in [1.82, 2.24) is 4.98 Å². The monoisotopic (exact) mass is 393 g/mol. The lowest BCUT2D eigenvalue weighted by Gasteiger charge is -2.18. The number of halogens is 1. The lowest BCUT2D eigenvalue weighted by molar-refractivity contribution is 0.0690. The van der Waals surface area contributed by atoms with Gasteiger partial charge in [0.05, 0.1) is 11.8 Å². The van der Waals surface area contributed by atoms with E-state index in [0.29, 0.717) is 10.7 Å². The highest BCUT2D eigenvalue weighted by atomic mass is 35.5. The van der Waals surface area contributed by atoms with Crippen molar-refractivity contribution in [1.29, 1.82) is 0 Å². The van der Waals surface area contributed by atoms with Crippen LogP contribution in [0.15, 0.2) is 60.7 Å². The number of carboxylic acids is 1. The maximum atomic E-state index is 11.3. The SMILES string of the molecule is O=C(O)c1cccc(-c2ccccc2-c2cc(Cl)ccc2OC2CCCC2)n1. The van der Waals surface area contributed by atoms with Gasteiger partial charge in [-0.25, -0.2) is 9.78 Å². The first-order chi connectivity index (χ1) is 13.6. The van der Waals surface area contributed by atoms with Crippen LogP contribution in [0.4, 0.5) is 0 Å². The number of pyridine rings is 1. The highest BCUT2D eigenvalue weighted by Gasteiger charge is 2.20. The first-order valence-electron chi connectivity index (χ1n) is 9.38. The molecule has 1 fully saturated rings. The summed E-state index contributed by atoms with van der Waals surface area (Å²) in [6.07, 6.45) is 4.73. The Hall–Kier alpha value is -2.85. The molecule has 2 aromatic carbocycles. The second kappa shape index (κ2) is 8.03. The van der Waals surface area contributed by atoms with Crippen LogP contribution in [-0.2, 0) is 0 Å². The number of aromatic carboxylic acids is 1. The third-order valence-corrected chi connectivity index (χ3v) is 5.23. The molecule has 1 N–H and O–H groups in total. The van der Waals surface area contributed by atoms with Crippen molar-refractivity contribution in [3.05, 3.63) is 71.4 Å². The Bertz CT molecular complexity index is 1010. The lowest BCUT2D eigenvalue weighted by Crippen LogP contribution is -2.11. The van der Waals surface area contributed by atoms with Crippen LogP contribution in [-0.4, -0.2) is 22.2 Å². The smallest absolute Gasteiger partial charge is 0.354 e. The van der Waals surface area contributed by atoms with Crippen molar-refractivity contribution >= 4 is 17.6 Å². The molecular formula is C23H20ClNO3. The molecule has 142 valence electrons. The highest BCUT2D eigenvalue weighted by molar-refractivity contribution is 6.31. The molecule has 4 rings (SSSR count). The number of ether oxygens (including phenoxy) is 1. The molecule has 0 aliphatic heterocycles. The zero-order valence-corrected chi connectivity index (χ0v) is 16.0. The molecule has 0 atom stereocenters. The number of hydrogen-bond acceptors (Lipinski definition) is 3. The molecular weight excluding hydrogens is 374 g/mol. The van der Waals surface area contributed by atoms with E-state index in [4.69, 9.17) is 16.3 Å². The van der Waals surface area contributed by atoms with Gasteiger partial charge in [-0.2, -0.15) is 0 Å². The maximum Gasteiger partial charge on any atom is 0.354 e. The van der Waals surface area contributed by atoms with Gasteiger partial charge in [-0.15, -0.1) is 0 Å². The van der Waals surface area contributed by atoms with E-state index in [1.54, 1.807) is 6.07 Å². The molecule has 1 heterocycles. The third-order valence-electron chi connectivity index (χ3n) is 5.00. The summed E-state index contributed by atoms with van der Waals surface area (Å²) in [5.74, 6) is -0.259. The van der Waals surface area contributed by atoms with Crippen molar-refractivity contribution in [3.63, 3.8) is 0 Å². The molecule has 28 heavy (non-hydrogen) atoms. The Kier molecular flexibility index (Phi) is 5.31. The van der Waals surface area contributed by atoms with E-state index in [-0.39, 0.29) is 11.8 Å². The molecule has 0 saturated heterocycles. The van der Waals surface area contributed by atoms with Gasteiger partial charge in [0.1, 0.15) is 11.4 Å². The van der Waals surface area contributed by atoms with Crippen LogP contribution in [0.1, 0.15) is 36.2 Å². The average Bonchev–Trinajstić information content (AvgIpc) is 3.22. The summed E-state index contributed by atoms with van der Waals surface area (Å²) in [6, 6.07) is 18.4. The Labute approximate surface area is 168 Å². The number of carboxylic acid groups (broad SMARTS) is 1. The molecule has 0 bridgehead atoms. The Morgan fingerprint density at radius 3 is 2.46 bits per heavy atom. The normalized spacial score (nSPS) is 14.2. The van der Waals surface area contributed by atoms with Gasteiger partial charge < -0.3 is 9.84 Å². The molecule has 0 radical (unpaired) electrons. The fourth-order valence-corrected chi connectivity index (χ4v) is 3.82. The molecule has 1 aromatic heterocycles. The number of benzene rings is 2. The predicted octanol–water partition coefficient (Wildman–Crippen LogP) is 6.09. The van der Waals surface area contributed by atoms with E-state index in [9.17, 15) is 9.90 Å². The molecule has 0 spiro atoms. The minimum Gasteiger partial charge on any atom is -0.490 e. The molecule has 1 saturated carbocycles. The molecule has 0 amide bonds. The fraction of sp³-hybridized carbons (Fsp3) is 0.217. The van der Waals surface area contributed by atoms with Gasteiger partial charge in [0.25, 0.3) is 0 Å². The van der Waals surface area contributed by atoms with Crippen molar-refractivity contribution in [3.8, 4) is 28.1 Å². The van der Waals surface area contributed by atoms with Gasteiger partial charge in [0, 0.05) is 16.1 Å². The molecule has 4 nitrogen and oxygen atoms in total. The zero-order valence-electron chi connectivity index (χ0n) is 15.3. The fourth-order valence-electron chi connectivity index (χ4n) is 3.65. The average molecular weight is 394 g/mol. The van der Waals surface area contributed by atoms with E-state index in [1.807, 2.05) is 48.5 Å². The van der Waals surface area contributed by atoms with Crippen LogP contribution in [0.5, 0.6) is 5.75 Å². The Morgan fingerprint density at radius 1 is 0.964 bits per heavy atom. The van der Waals surface area contributed by atoms with E-state index in [2.05, 4.69) is 4.98 Å². The van der Waals surface area contributed by atoms with Crippen LogP contribution >= 0.6 is 11.6 Å². The molecule has 0 unspecified atom stereocenters. The highest BCUT2D eigenvalue weighted by Crippen LogP contribution is 2.39. The topological polar surface area (TPSA) is 59.4 Å². The first kappa shape index (κ1) is 18.5. The van der Waals surface area contributed by atoms with E-state index in [0.717, 1.165) is 35.3 Å². The second-order valence-corrected chi connectivity index (χ2v) is 7.36. The summed E-state index contributed by atoms with van der Waals surface area (Å²) in [5, 5.41) is 9.90. The Balaban J connectivity index is 1.81. The minimum absolute atomic E-state index is 0.0147. The van der Waals surface area contributed by atoms with Gasteiger partial charge in [-0.1, -0.05) is 41.9 Å². The van der Waals surface area contributed by atoms with Crippen molar-refractivity contribution in [2.75, 3.05) is 0 Å². The van der Waals surface area contributed by atoms with Crippen LogP contribution in [0.3, 0.4) is 0 Å². The Morgan fingerprint density at radius 2 is 1.71 bits per heavy atom. The zero-order chi connectivity index (χ0) is 19.5. The number of nitrogens with zero attached hydrogens (tertiary/aromatic N) is 1. The molecule has 5 heteroatoms. The summed E-state index contributed by atoms with van der Waals surface area (Å²) in [5.41, 5.74) is 3.25. The van der Waals surface area contributed by atoms with Crippen molar-refractivity contribution < 1.29 is 14.6 Å². The number of hydrogen-bond donors (Lipinski definition) is 1. The molecule has 3 aromatic rings. The minimum atomic E-state index is -1.05. The van der Waals surface area contributed by atoms with Gasteiger partial charge in [-0.05, 0) is 61.6 Å². The first-order valence-corrected chi connectivity index (χ1v) is 9.76. The number of aromatic nitrogens is 1. The second-order valence-electron chi connectivity index (χ2n) is 6.92. The number of rotatable bonds is 5. The predicted molar refractivity (Wildman–Crippen MR) is 110 cm³/mol. The summed E-state index contributed by atoms with van der Waals surface area (Å²) < 4.78 is 6.30. The third kappa shape index (κ3) is 3.87. The molecule has 1 aliphatic carbocycles. The van der Waals surface area contributed by atoms with Crippen LogP contribution < -0.4 is 4.74 Å². The van der Waals surface area contributed by atoms with Gasteiger partial charge in [0.15, 0.2) is 0 Å². The molecule has 1 aliphatic rings. The summed E-state index contributed by atoms with van der Waals surface area (Å²) >= 11 is 6.30. The van der Waals surface area contributed by atoms with E-state index in [1.165, 1.54) is 18.9 Å². The maximum absolute atomic E-state index is 11.3. The largest absolute Gasteiger partial charge is 0.490 e. The van der Waals surface area contributed by atoms with Crippen LogP contribution in [0.2, 0.25) is 5.02 Å². The van der Waals surface area contributed by atoms with E-state index >= 15 is 0 Å². The summed E-state index contributed by atoms with van der Waals surface area (Å²) in [7, 11) is 0. The van der Waals surface area contributed by atoms with Crippen molar-refractivity contribution in [2.24, 2.45) is 0 Å².